The number of sulfonamides is 2. The molecule has 6 aromatic carbocycles. The molecule has 0 radical (unpaired) electrons. The number of ketones is 2. The van der Waals surface area contributed by atoms with E-state index in [1.165, 1.54) is 0 Å². The summed E-state index contributed by atoms with van der Waals surface area (Å²) in [5.41, 5.74) is 8.60. The number of carbonyl (C=O) groups is 5. The fourth-order valence-electron chi connectivity index (χ4n) is 15.8. The molecular formula is C88H117Cl5N8O19S3. The van der Waals surface area contributed by atoms with E-state index in [9.17, 15) is 54.3 Å². The van der Waals surface area contributed by atoms with Gasteiger partial charge in [-0.3, -0.25) is 14.4 Å². The fraction of sp³-hybridized carbons (Fsp3) is 0.534. The zero-order chi connectivity index (χ0) is 88.5. The van der Waals surface area contributed by atoms with E-state index < -0.39 is 66.5 Å². The van der Waals surface area contributed by atoms with Crippen molar-refractivity contribution in [1.82, 2.24) is 40.1 Å². The summed E-state index contributed by atoms with van der Waals surface area (Å²) in [4.78, 5) is 71.7. The van der Waals surface area contributed by atoms with Crippen LogP contribution in [0.1, 0.15) is 163 Å². The summed E-state index contributed by atoms with van der Waals surface area (Å²) in [6.07, 6.45) is 4.94. The lowest BCUT2D eigenvalue weighted by molar-refractivity contribution is -0.144. The van der Waals surface area contributed by atoms with E-state index >= 15 is 0 Å². The number of sulfone groups is 1. The number of likely N-dealkylation sites (N-methyl/N-ethyl adjacent to an activating group) is 3. The highest BCUT2D eigenvalue weighted by Gasteiger charge is 2.35. The number of unbranched alkanes of at least 4 members (excludes halogenated alkanes) is 2. The van der Waals surface area contributed by atoms with E-state index in [4.69, 9.17) is 91.2 Å². The summed E-state index contributed by atoms with van der Waals surface area (Å²) in [5, 5.41) is 20.9. The van der Waals surface area contributed by atoms with Gasteiger partial charge in [-0.2, -0.15) is 0 Å². The number of Topliss-reactive ketones (excluding diaryl/α,β-unsaturated/α-hetero) is 2. The third-order valence-electron chi connectivity index (χ3n) is 21.8. The number of carboxylic acid groups (broad SMARTS) is 1. The van der Waals surface area contributed by atoms with Crippen molar-refractivity contribution < 1.29 is 87.5 Å². The molecule has 9 rings (SSSR count). The Morgan fingerprint density at radius 3 is 1.28 bits per heavy atom. The highest BCUT2D eigenvalue weighted by atomic mass is 35.5. The Balaban J connectivity index is 0.682. The molecule has 6 aromatic rings. The Kier molecular flexibility index (Phi) is 41.2. The number of halogens is 5. The third-order valence-corrected chi connectivity index (χ3v) is 28.0. The number of rotatable bonds is 56. The number of carbonyl (C=O) groups excluding carboxylic acids is 4. The topological polar surface area (TPSA) is 342 Å². The summed E-state index contributed by atoms with van der Waals surface area (Å²) in [7, 11) is -5.39. The number of carboxylic acids is 1. The maximum absolute atomic E-state index is 13.6. The molecular weight excluding hydrogens is 1750 g/mol. The van der Waals surface area contributed by atoms with Crippen molar-refractivity contribution in [3.8, 4) is 0 Å². The summed E-state index contributed by atoms with van der Waals surface area (Å²) in [6, 6.07) is 31.6. The van der Waals surface area contributed by atoms with Crippen molar-refractivity contribution in [2.24, 2.45) is 0 Å². The Morgan fingerprint density at radius 1 is 0.431 bits per heavy atom. The van der Waals surface area contributed by atoms with Crippen molar-refractivity contribution in [2.75, 3.05) is 165 Å². The summed E-state index contributed by atoms with van der Waals surface area (Å²) in [5.74, 6) is -2.28. The van der Waals surface area contributed by atoms with Crippen LogP contribution in [0.4, 0.5) is 4.79 Å². The van der Waals surface area contributed by atoms with E-state index in [1.54, 1.807) is 66.7 Å². The maximum atomic E-state index is 13.6. The molecule has 0 saturated heterocycles. The second-order valence-corrected chi connectivity index (χ2v) is 39.4. The fourth-order valence-corrected chi connectivity index (χ4v) is 20.7. The summed E-state index contributed by atoms with van der Waals surface area (Å²) < 4.78 is 125. The molecule has 27 nitrogen and oxygen atoms in total. The molecule has 0 fully saturated rings. The quantitative estimate of drug-likeness (QED) is 0.0193. The number of benzene rings is 6. The number of hydrogen-bond acceptors (Lipinski definition) is 21. The molecule has 3 amide bonds. The molecule has 0 aliphatic carbocycles. The Bertz CT molecular complexity index is 4680. The highest BCUT2D eigenvalue weighted by molar-refractivity contribution is 7.91. The number of aliphatic carboxylic acids is 1. The molecule has 3 aliphatic rings. The van der Waals surface area contributed by atoms with Crippen LogP contribution >= 0.6 is 58.0 Å². The van der Waals surface area contributed by atoms with Gasteiger partial charge >= 0.3 is 12.0 Å². The maximum Gasteiger partial charge on any atom is 0.329 e. The normalized spacial score (nSPS) is 16.3. The average molecular weight is 1860 g/mol. The van der Waals surface area contributed by atoms with Gasteiger partial charge in [-0.15, -0.1) is 0 Å². The molecule has 676 valence electrons. The first-order valence-electron chi connectivity index (χ1n) is 41.8. The van der Waals surface area contributed by atoms with Gasteiger partial charge in [0.15, 0.2) is 9.84 Å². The second-order valence-electron chi connectivity index (χ2n) is 31.7. The van der Waals surface area contributed by atoms with Crippen LogP contribution in [0.5, 0.6) is 0 Å². The van der Waals surface area contributed by atoms with E-state index in [2.05, 4.69) is 46.2 Å². The number of ether oxygens (including phenoxy) is 7. The van der Waals surface area contributed by atoms with Crippen LogP contribution in [0.3, 0.4) is 0 Å². The first kappa shape index (κ1) is 100. The first-order chi connectivity index (χ1) is 58.9. The van der Waals surface area contributed by atoms with Gasteiger partial charge < -0.3 is 68.9 Å². The lowest BCUT2D eigenvalue weighted by Gasteiger charge is -2.36. The Hall–Kier alpha value is -6.31. The SMILES string of the molecule is Cc1cc(Cl)c2c(c1)[C@H](c1cccc(S(=O)(=O)NCCOCCOCCCC(=O)CCCCC(CCCCC(=O)CCCOCCOCCNS(=O)(=O)c3cccc([C@@H]4CN(C)Cc5c(Cl)cc(Cl)cc54)c3)(CCNC(=O)NCCOCCOCCCS(=O)(=O)c3cccc([C@@H]4CN(C)Cc5c(Cl)cc(Cl)cc54)c3)NC(=O)COCC(=O)O)c1)CN(C)C2. The van der Waals surface area contributed by atoms with Crippen LogP contribution in [0.2, 0.25) is 25.1 Å². The lowest BCUT2D eigenvalue weighted by atomic mass is 9.83. The summed E-state index contributed by atoms with van der Waals surface area (Å²) >= 11 is 32.6. The highest BCUT2D eigenvalue weighted by Crippen LogP contribution is 2.42. The molecule has 4 atom stereocenters. The van der Waals surface area contributed by atoms with Crippen LogP contribution in [-0.2, 0) is 102 Å². The molecule has 0 bridgehead atoms. The number of amides is 3. The van der Waals surface area contributed by atoms with Gasteiger partial charge in [0.1, 0.15) is 24.8 Å². The van der Waals surface area contributed by atoms with Crippen LogP contribution in [0.15, 0.2) is 124 Å². The van der Waals surface area contributed by atoms with Gasteiger partial charge in [0.05, 0.1) is 79.9 Å². The number of hydrogen-bond donors (Lipinski definition) is 6. The monoisotopic (exact) mass is 1860 g/mol. The predicted molar refractivity (Wildman–Crippen MR) is 476 cm³/mol. The average Bonchev–Trinajstić information content (AvgIpc) is 0.780. The van der Waals surface area contributed by atoms with E-state index in [0.717, 1.165) is 55.6 Å². The number of fused-ring (bicyclic) bond motifs is 3. The minimum atomic E-state index is -3.88. The second kappa shape index (κ2) is 50.4. The summed E-state index contributed by atoms with van der Waals surface area (Å²) in [6.45, 7) is 7.35. The molecule has 35 heteroatoms. The van der Waals surface area contributed by atoms with Gasteiger partial charge in [0.25, 0.3) is 0 Å². The van der Waals surface area contributed by atoms with E-state index in [0.29, 0.717) is 122 Å². The molecule has 3 aliphatic heterocycles. The largest absolute Gasteiger partial charge is 0.480 e. The minimum Gasteiger partial charge on any atom is -0.480 e. The van der Waals surface area contributed by atoms with Crippen LogP contribution in [-0.4, -0.2) is 245 Å². The predicted octanol–water partition coefficient (Wildman–Crippen LogP) is 12.7. The number of urea groups is 1. The number of nitrogens with one attached hydrogen (secondary N) is 5. The van der Waals surface area contributed by atoms with Gasteiger partial charge in [0.2, 0.25) is 26.0 Å². The molecule has 123 heavy (non-hydrogen) atoms. The first-order valence-corrected chi connectivity index (χ1v) is 48.3. The molecule has 0 aromatic heterocycles. The van der Waals surface area contributed by atoms with Gasteiger partial charge in [-0.25, -0.2) is 44.3 Å². The third kappa shape index (κ3) is 32.7. The smallest absolute Gasteiger partial charge is 0.329 e. The van der Waals surface area contributed by atoms with Gasteiger partial charge in [-0.1, -0.05) is 113 Å². The van der Waals surface area contributed by atoms with Crippen LogP contribution < -0.4 is 25.4 Å². The number of aryl methyl sites for hydroxylation is 1. The van der Waals surface area contributed by atoms with Crippen molar-refractivity contribution in [3.63, 3.8) is 0 Å². The standard InChI is InChI=1S/C88H117Cl5N8O19S3/c1-62-45-73-76(54-99(2)57-79(73)82(91)46-62)64-16-10-23-71(48-64)122(110,111)96-30-36-118-42-38-114-32-12-20-68(102)18-5-7-25-88(98-85(104)60-120-61-86(105)106,27-28-94-87(107)95-29-35-117-41-40-116-34-14-44-121(108,109)70-22-9-15-63(47-70)77-55-100(3)58-80-74(77)50-66(89)52-83(80)92)26-8-6-19-69(103)21-13-33-115-39-43-119-37-31-97-123(112,113)72-24-11-17-65(49-72)78-56-101(4)59-81-75(78)51-67(90)53-84(81)93/h9-11,15-17,22-24,45-53,76-78,96-97H,5-8,12-14,18-21,25-44,54-61H2,1-4H3,(H,98,104)(H,105,106)(H2,94,95,107)/t76-,77-,78-,88?/m0/s1. The van der Waals surface area contributed by atoms with Crippen molar-refractivity contribution in [3.05, 3.63) is 190 Å². The van der Waals surface area contributed by atoms with Crippen molar-refractivity contribution >= 4 is 117 Å². The molecule has 1 unspecified atom stereocenters. The zero-order valence-electron chi connectivity index (χ0n) is 70.5. The van der Waals surface area contributed by atoms with Crippen LogP contribution in [0, 0.1) is 6.92 Å². The molecule has 0 spiro atoms. The van der Waals surface area contributed by atoms with Crippen molar-refractivity contribution in [1.29, 1.82) is 0 Å². The zero-order valence-corrected chi connectivity index (χ0v) is 76.7. The van der Waals surface area contributed by atoms with Gasteiger partial charge in [0, 0.05) is 159 Å². The Labute approximate surface area is 749 Å². The lowest BCUT2D eigenvalue weighted by Crippen LogP contribution is -2.52. The van der Waals surface area contributed by atoms with E-state index in [1.807, 2.05) is 64.5 Å². The molecule has 0 saturated carbocycles. The van der Waals surface area contributed by atoms with E-state index in [-0.39, 0.29) is 187 Å². The molecule has 3 heterocycles. The van der Waals surface area contributed by atoms with Crippen molar-refractivity contribution in [2.45, 2.75) is 154 Å². The minimum absolute atomic E-state index is 0.00516. The van der Waals surface area contributed by atoms with Gasteiger partial charge in [-0.05, 0) is 202 Å². The number of nitrogens with zero attached hydrogens (tertiary/aromatic N) is 3. The molecule has 6 N–H and O–H groups in total. The van der Waals surface area contributed by atoms with Crippen LogP contribution in [0.25, 0.3) is 0 Å². The Morgan fingerprint density at radius 2 is 0.821 bits per heavy atom.